The van der Waals surface area contributed by atoms with Crippen molar-refractivity contribution >= 4 is 17.5 Å². The van der Waals surface area contributed by atoms with Crippen molar-refractivity contribution in [3.05, 3.63) is 59.5 Å². The topological polar surface area (TPSA) is 72.7 Å². The summed E-state index contributed by atoms with van der Waals surface area (Å²) in [6.45, 7) is 2.58. The largest absolute Gasteiger partial charge is 0.351 e. The Labute approximate surface area is 144 Å². The smallest absolute Gasteiger partial charge is 0.274 e. The molecule has 0 fully saturated rings. The number of rotatable bonds is 5. The van der Waals surface area contributed by atoms with E-state index in [1.54, 1.807) is 29.2 Å². The molecule has 0 bridgehead atoms. The molecule has 0 saturated heterocycles. The molecule has 0 atom stereocenters. The normalized spacial score (nSPS) is 10.6. The third-order valence-electron chi connectivity index (χ3n) is 3.43. The van der Waals surface area contributed by atoms with Crippen molar-refractivity contribution in [3.8, 4) is 16.9 Å². The van der Waals surface area contributed by atoms with E-state index in [2.05, 4.69) is 20.6 Å². The first-order valence-corrected chi connectivity index (χ1v) is 7.98. The third-order valence-corrected chi connectivity index (χ3v) is 3.68. The molecule has 0 aliphatic carbocycles. The number of carbonyl (C=O) groups excluding carboxylic acids is 1. The van der Waals surface area contributed by atoms with E-state index in [0.29, 0.717) is 17.3 Å². The molecule has 0 aliphatic heterocycles. The Hall–Kier alpha value is -2.73. The Morgan fingerprint density at radius 2 is 2.04 bits per heavy atom. The van der Waals surface area contributed by atoms with Crippen LogP contribution in [-0.4, -0.2) is 32.4 Å². The molecule has 0 spiro atoms. The minimum absolute atomic E-state index is 0.254. The van der Waals surface area contributed by atoms with Gasteiger partial charge in [-0.05, 0) is 42.8 Å². The predicted octanol–water partition coefficient (Wildman–Crippen LogP) is 3.12. The summed E-state index contributed by atoms with van der Waals surface area (Å²) in [6.07, 6.45) is 4.21. The lowest BCUT2D eigenvalue weighted by molar-refractivity contribution is 0.0949. The van der Waals surface area contributed by atoms with Crippen LogP contribution in [0.15, 0.2) is 48.8 Å². The molecule has 122 valence electrons. The van der Waals surface area contributed by atoms with Gasteiger partial charge in [-0.1, -0.05) is 23.7 Å². The van der Waals surface area contributed by atoms with Crippen LogP contribution in [0.25, 0.3) is 16.9 Å². The molecule has 0 unspecified atom stereocenters. The minimum Gasteiger partial charge on any atom is -0.351 e. The minimum atomic E-state index is -0.254. The molecule has 2 heterocycles. The Morgan fingerprint density at radius 3 is 2.71 bits per heavy atom. The monoisotopic (exact) mass is 341 g/mol. The Bertz CT molecular complexity index is 830. The first kappa shape index (κ1) is 16.1. The van der Waals surface area contributed by atoms with Crippen molar-refractivity contribution < 1.29 is 4.79 Å². The zero-order chi connectivity index (χ0) is 16.9. The number of carbonyl (C=O) groups is 1. The van der Waals surface area contributed by atoms with Crippen LogP contribution in [0.1, 0.15) is 23.8 Å². The van der Waals surface area contributed by atoms with Crippen LogP contribution >= 0.6 is 11.6 Å². The standard InChI is InChI=1S/C17H16ClN5O/c1-2-9-20-17(24)15-16(12-4-3-10-19-11-12)23(22-21-15)14-7-5-13(18)6-8-14/h3-8,10-11H,2,9H2,1H3,(H,20,24). The highest BCUT2D eigenvalue weighted by Crippen LogP contribution is 2.25. The summed E-state index contributed by atoms with van der Waals surface area (Å²) in [5.41, 5.74) is 2.39. The molecule has 1 N–H and O–H groups in total. The summed E-state index contributed by atoms with van der Waals surface area (Å²) >= 11 is 5.95. The van der Waals surface area contributed by atoms with Crippen LogP contribution in [0.4, 0.5) is 0 Å². The lowest BCUT2D eigenvalue weighted by Crippen LogP contribution is -2.25. The van der Waals surface area contributed by atoms with E-state index in [1.165, 1.54) is 0 Å². The van der Waals surface area contributed by atoms with E-state index in [0.717, 1.165) is 17.7 Å². The third kappa shape index (κ3) is 3.28. The molecule has 3 aromatic rings. The summed E-state index contributed by atoms with van der Waals surface area (Å²) in [6, 6.07) is 10.9. The van der Waals surface area contributed by atoms with Gasteiger partial charge >= 0.3 is 0 Å². The fourth-order valence-electron chi connectivity index (χ4n) is 2.28. The van der Waals surface area contributed by atoms with Gasteiger partial charge in [0.05, 0.1) is 5.69 Å². The quantitative estimate of drug-likeness (QED) is 0.773. The van der Waals surface area contributed by atoms with Crippen molar-refractivity contribution in [1.82, 2.24) is 25.3 Å². The van der Waals surface area contributed by atoms with Gasteiger partial charge in [0.2, 0.25) is 0 Å². The molecule has 6 nitrogen and oxygen atoms in total. The number of halogens is 1. The Balaban J connectivity index is 2.11. The summed E-state index contributed by atoms with van der Waals surface area (Å²) in [5, 5.41) is 11.7. The van der Waals surface area contributed by atoms with Gasteiger partial charge in [0, 0.05) is 29.5 Å². The number of nitrogens with zero attached hydrogens (tertiary/aromatic N) is 4. The molecule has 0 radical (unpaired) electrons. The van der Waals surface area contributed by atoms with E-state index in [-0.39, 0.29) is 11.6 Å². The van der Waals surface area contributed by atoms with Crippen LogP contribution in [0.3, 0.4) is 0 Å². The van der Waals surface area contributed by atoms with Crippen molar-refractivity contribution in [3.63, 3.8) is 0 Å². The van der Waals surface area contributed by atoms with E-state index in [1.807, 2.05) is 31.2 Å². The zero-order valence-electron chi connectivity index (χ0n) is 13.1. The zero-order valence-corrected chi connectivity index (χ0v) is 13.9. The molecule has 1 amide bonds. The second-order valence-corrected chi connectivity index (χ2v) is 5.61. The van der Waals surface area contributed by atoms with Crippen molar-refractivity contribution in [1.29, 1.82) is 0 Å². The lowest BCUT2D eigenvalue weighted by atomic mass is 10.1. The molecule has 0 aliphatic rings. The van der Waals surface area contributed by atoms with Crippen LogP contribution in [0.2, 0.25) is 5.02 Å². The van der Waals surface area contributed by atoms with Gasteiger partial charge in [0.15, 0.2) is 5.69 Å². The number of nitrogens with one attached hydrogen (secondary N) is 1. The number of aromatic nitrogens is 4. The summed E-state index contributed by atoms with van der Waals surface area (Å²) in [7, 11) is 0. The molecular weight excluding hydrogens is 326 g/mol. The fourth-order valence-corrected chi connectivity index (χ4v) is 2.41. The SMILES string of the molecule is CCCNC(=O)c1nnn(-c2ccc(Cl)cc2)c1-c1cccnc1. The van der Waals surface area contributed by atoms with E-state index < -0.39 is 0 Å². The first-order valence-electron chi connectivity index (χ1n) is 7.61. The van der Waals surface area contributed by atoms with Crippen molar-refractivity contribution in [2.45, 2.75) is 13.3 Å². The first-order chi connectivity index (χ1) is 11.7. The van der Waals surface area contributed by atoms with Crippen molar-refractivity contribution in [2.24, 2.45) is 0 Å². The maximum Gasteiger partial charge on any atom is 0.274 e. The van der Waals surface area contributed by atoms with E-state index in [9.17, 15) is 4.79 Å². The summed E-state index contributed by atoms with van der Waals surface area (Å²) < 4.78 is 1.62. The van der Waals surface area contributed by atoms with Gasteiger partial charge in [-0.15, -0.1) is 5.10 Å². The van der Waals surface area contributed by atoms with Gasteiger partial charge < -0.3 is 5.32 Å². The molecule has 1 aromatic carbocycles. The molecule has 24 heavy (non-hydrogen) atoms. The highest BCUT2D eigenvalue weighted by Gasteiger charge is 2.21. The summed E-state index contributed by atoms with van der Waals surface area (Å²) in [5.74, 6) is -0.254. The van der Waals surface area contributed by atoms with Crippen LogP contribution in [-0.2, 0) is 0 Å². The van der Waals surface area contributed by atoms with Crippen LogP contribution < -0.4 is 5.32 Å². The van der Waals surface area contributed by atoms with Gasteiger partial charge in [0.1, 0.15) is 5.69 Å². The average molecular weight is 342 g/mol. The number of hydrogen-bond donors (Lipinski definition) is 1. The number of benzene rings is 1. The fraction of sp³-hybridized carbons (Fsp3) is 0.176. The van der Waals surface area contributed by atoms with Gasteiger partial charge in [-0.3, -0.25) is 9.78 Å². The van der Waals surface area contributed by atoms with Crippen LogP contribution in [0, 0.1) is 0 Å². The van der Waals surface area contributed by atoms with Gasteiger partial charge in [-0.25, -0.2) is 4.68 Å². The molecule has 7 heteroatoms. The second-order valence-electron chi connectivity index (χ2n) is 5.17. The molecule has 0 saturated carbocycles. The number of hydrogen-bond acceptors (Lipinski definition) is 4. The number of amides is 1. The molecule has 2 aromatic heterocycles. The Kier molecular flexibility index (Phi) is 4.86. The van der Waals surface area contributed by atoms with Gasteiger partial charge in [0.25, 0.3) is 5.91 Å². The van der Waals surface area contributed by atoms with Gasteiger partial charge in [-0.2, -0.15) is 0 Å². The van der Waals surface area contributed by atoms with Crippen molar-refractivity contribution in [2.75, 3.05) is 6.54 Å². The predicted molar refractivity (Wildman–Crippen MR) is 92.2 cm³/mol. The molecule has 3 rings (SSSR count). The van der Waals surface area contributed by atoms with E-state index >= 15 is 0 Å². The second kappa shape index (κ2) is 7.23. The molecular formula is C17H16ClN5O. The maximum atomic E-state index is 12.4. The van der Waals surface area contributed by atoms with Crippen LogP contribution in [0.5, 0.6) is 0 Å². The highest BCUT2D eigenvalue weighted by atomic mass is 35.5. The Morgan fingerprint density at radius 1 is 1.25 bits per heavy atom. The average Bonchev–Trinajstić information content (AvgIpc) is 3.06. The lowest BCUT2D eigenvalue weighted by Gasteiger charge is -2.08. The highest BCUT2D eigenvalue weighted by molar-refractivity contribution is 6.30. The van der Waals surface area contributed by atoms with E-state index in [4.69, 9.17) is 11.6 Å². The number of pyridine rings is 1. The summed E-state index contributed by atoms with van der Waals surface area (Å²) in [4.78, 5) is 16.6. The maximum absolute atomic E-state index is 12.4.